The average Bonchev–Trinajstić information content (AvgIpc) is 2.27. The van der Waals surface area contributed by atoms with E-state index in [0.717, 1.165) is 13.1 Å². The van der Waals surface area contributed by atoms with E-state index >= 15 is 0 Å². The highest BCUT2D eigenvalue weighted by Gasteiger charge is 2.21. The fourth-order valence-electron chi connectivity index (χ4n) is 1.72. The van der Waals surface area contributed by atoms with E-state index in [-0.39, 0.29) is 12.6 Å². The fourth-order valence-corrected chi connectivity index (χ4v) is 1.72. The number of rotatable bonds is 4. The van der Waals surface area contributed by atoms with Crippen LogP contribution in [0.25, 0.3) is 0 Å². The van der Waals surface area contributed by atoms with Gasteiger partial charge in [0.25, 0.3) is 0 Å². The molecule has 0 aromatic carbocycles. The van der Waals surface area contributed by atoms with Gasteiger partial charge in [0.1, 0.15) is 5.60 Å². The van der Waals surface area contributed by atoms with Gasteiger partial charge in [-0.15, -0.1) is 0 Å². The second kappa shape index (κ2) is 6.92. The van der Waals surface area contributed by atoms with E-state index in [2.05, 4.69) is 10.2 Å². The second-order valence-corrected chi connectivity index (χ2v) is 5.44. The Morgan fingerprint density at radius 2 is 2.06 bits per heavy atom. The van der Waals surface area contributed by atoms with Crippen molar-refractivity contribution in [3.63, 3.8) is 0 Å². The molecule has 0 spiro atoms. The van der Waals surface area contributed by atoms with E-state index in [1.807, 2.05) is 20.8 Å². The SMILES string of the molecule is CC(C)(C)OC(=O)NC(CO)CN1CCOCC1. The number of carbonyl (C=O) groups is 1. The third-order valence-corrected chi connectivity index (χ3v) is 2.52. The fraction of sp³-hybridized carbons (Fsp3) is 0.917. The predicted molar refractivity (Wildman–Crippen MR) is 67.5 cm³/mol. The van der Waals surface area contributed by atoms with Crippen molar-refractivity contribution in [3.05, 3.63) is 0 Å². The molecule has 1 heterocycles. The maximum Gasteiger partial charge on any atom is 0.407 e. The van der Waals surface area contributed by atoms with E-state index in [4.69, 9.17) is 9.47 Å². The highest BCUT2D eigenvalue weighted by molar-refractivity contribution is 5.68. The van der Waals surface area contributed by atoms with Crippen molar-refractivity contribution in [3.8, 4) is 0 Å². The summed E-state index contributed by atoms with van der Waals surface area (Å²) in [5, 5.41) is 12.0. The van der Waals surface area contributed by atoms with Crippen LogP contribution in [0.3, 0.4) is 0 Å². The van der Waals surface area contributed by atoms with Crippen LogP contribution in [0.5, 0.6) is 0 Å². The Labute approximate surface area is 108 Å². The molecule has 1 unspecified atom stereocenters. The Hall–Kier alpha value is -0.850. The number of hydrogen-bond donors (Lipinski definition) is 2. The Bertz CT molecular complexity index is 259. The van der Waals surface area contributed by atoms with Gasteiger partial charge in [-0.25, -0.2) is 4.79 Å². The molecule has 0 saturated carbocycles. The van der Waals surface area contributed by atoms with Gasteiger partial charge in [0.05, 0.1) is 25.9 Å². The standard InChI is InChI=1S/C12H24N2O4/c1-12(2,3)18-11(16)13-10(9-15)8-14-4-6-17-7-5-14/h10,15H,4-9H2,1-3H3,(H,13,16). The Kier molecular flexibility index (Phi) is 5.84. The summed E-state index contributed by atoms with van der Waals surface area (Å²) in [7, 11) is 0. The summed E-state index contributed by atoms with van der Waals surface area (Å²) < 4.78 is 10.4. The predicted octanol–water partition coefficient (Wildman–Crippen LogP) is 0.204. The minimum absolute atomic E-state index is 0.101. The summed E-state index contributed by atoms with van der Waals surface area (Å²) in [4.78, 5) is 13.7. The van der Waals surface area contributed by atoms with Crippen molar-refractivity contribution in [1.82, 2.24) is 10.2 Å². The van der Waals surface area contributed by atoms with Crippen LogP contribution in [-0.4, -0.2) is 67.2 Å². The first-order valence-corrected chi connectivity index (χ1v) is 6.31. The number of hydrogen-bond acceptors (Lipinski definition) is 5. The third-order valence-electron chi connectivity index (χ3n) is 2.52. The Morgan fingerprint density at radius 1 is 1.44 bits per heavy atom. The zero-order valence-electron chi connectivity index (χ0n) is 11.4. The number of nitrogens with zero attached hydrogens (tertiary/aromatic N) is 1. The molecule has 1 fully saturated rings. The highest BCUT2D eigenvalue weighted by atomic mass is 16.6. The first-order valence-electron chi connectivity index (χ1n) is 6.31. The van der Waals surface area contributed by atoms with Gasteiger partial charge in [-0.05, 0) is 20.8 Å². The van der Waals surface area contributed by atoms with Gasteiger partial charge in [0, 0.05) is 19.6 Å². The van der Waals surface area contributed by atoms with Gasteiger partial charge >= 0.3 is 6.09 Å². The summed E-state index contributed by atoms with van der Waals surface area (Å²) in [6.45, 7) is 8.98. The molecule has 1 atom stereocenters. The van der Waals surface area contributed by atoms with Crippen molar-refractivity contribution >= 4 is 6.09 Å². The lowest BCUT2D eigenvalue weighted by atomic mass is 10.2. The van der Waals surface area contributed by atoms with Crippen molar-refractivity contribution in [2.75, 3.05) is 39.5 Å². The summed E-state index contributed by atoms with van der Waals surface area (Å²) in [5.74, 6) is 0. The number of amides is 1. The van der Waals surface area contributed by atoms with Crippen LogP contribution >= 0.6 is 0 Å². The lowest BCUT2D eigenvalue weighted by Crippen LogP contribution is -2.49. The van der Waals surface area contributed by atoms with Crippen LogP contribution in [0.4, 0.5) is 4.79 Å². The van der Waals surface area contributed by atoms with Gasteiger partial charge < -0.3 is 19.9 Å². The molecule has 0 aromatic rings. The number of nitrogens with one attached hydrogen (secondary N) is 1. The topological polar surface area (TPSA) is 71.0 Å². The molecule has 1 aliphatic heterocycles. The maximum atomic E-state index is 11.6. The molecule has 1 amide bonds. The van der Waals surface area contributed by atoms with Gasteiger partial charge in [0.2, 0.25) is 0 Å². The van der Waals surface area contributed by atoms with Gasteiger partial charge in [-0.1, -0.05) is 0 Å². The van der Waals surface area contributed by atoms with Crippen LogP contribution in [0.15, 0.2) is 0 Å². The molecule has 1 aliphatic rings. The molecule has 18 heavy (non-hydrogen) atoms. The molecule has 0 bridgehead atoms. The number of carbonyl (C=O) groups excluding carboxylic acids is 1. The molecule has 6 heteroatoms. The Morgan fingerprint density at radius 3 is 2.56 bits per heavy atom. The van der Waals surface area contributed by atoms with Gasteiger partial charge in [-0.3, -0.25) is 4.90 Å². The van der Waals surface area contributed by atoms with Gasteiger partial charge in [-0.2, -0.15) is 0 Å². The number of alkyl carbamates (subject to hydrolysis) is 1. The van der Waals surface area contributed by atoms with E-state index in [0.29, 0.717) is 19.8 Å². The van der Waals surface area contributed by atoms with Crippen molar-refractivity contribution < 1.29 is 19.4 Å². The lowest BCUT2D eigenvalue weighted by molar-refractivity contribution is 0.0244. The minimum Gasteiger partial charge on any atom is -0.444 e. The van der Waals surface area contributed by atoms with E-state index in [1.54, 1.807) is 0 Å². The summed E-state index contributed by atoms with van der Waals surface area (Å²) in [5.41, 5.74) is -0.525. The third kappa shape index (κ3) is 6.18. The lowest BCUT2D eigenvalue weighted by Gasteiger charge is -2.30. The van der Waals surface area contributed by atoms with E-state index in [9.17, 15) is 9.90 Å². The molecular formula is C12H24N2O4. The first-order chi connectivity index (χ1) is 8.40. The van der Waals surface area contributed by atoms with Crippen LogP contribution < -0.4 is 5.32 Å². The zero-order chi connectivity index (χ0) is 13.6. The van der Waals surface area contributed by atoms with E-state index < -0.39 is 11.7 Å². The largest absolute Gasteiger partial charge is 0.444 e. The molecule has 106 valence electrons. The first kappa shape index (κ1) is 15.2. The van der Waals surface area contributed by atoms with Crippen LogP contribution in [0.1, 0.15) is 20.8 Å². The molecular weight excluding hydrogens is 236 g/mol. The monoisotopic (exact) mass is 260 g/mol. The Balaban J connectivity index is 2.34. The molecule has 2 N–H and O–H groups in total. The summed E-state index contributed by atoms with van der Waals surface area (Å²) >= 11 is 0. The van der Waals surface area contributed by atoms with Crippen LogP contribution in [0.2, 0.25) is 0 Å². The molecule has 0 radical (unpaired) electrons. The number of aliphatic hydroxyl groups excluding tert-OH is 1. The minimum atomic E-state index is -0.525. The van der Waals surface area contributed by atoms with Crippen molar-refractivity contribution in [1.29, 1.82) is 0 Å². The van der Waals surface area contributed by atoms with Crippen LogP contribution in [-0.2, 0) is 9.47 Å². The number of morpholine rings is 1. The number of ether oxygens (including phenoxy) is 2. The summed E-state index contributed by atoms with van der Waals surface area (Å²) in [6, 6.07) is -0.307. The van der Waals surface area contributed by atoms with Crippen LogP contribution in [0, 0.1) is 0 Å². The van der Waals surface area contributed by atoms with E-state index in [1.165, 1.54) is 0 Å². The maximum absolute atomic E-state index is 11.6. The number of aliphatic hydroxyl groups is 1. The quantitative estimate of drug-likeness (QED) is 0.756. The zero-order valence-corrected chi connectivity index (χ0v) is 11.4. The normalized spacial score (nSPS) is 19.3. The molecule has 6 nitrogen and oxygen atoms in total. The smallest absolute Gasteiger partial charge is 0.407 e. The molecule has 1 rings (SSSR count). The molecule has 0 aliphatic carbocycles. The molecule has 1 saturated heterocycles. The summed E-state index contributed by atoms with van der Waals surface area (Å²) in [6.07, 6.45) is -0.491. The highest BCUT2D eigenvalue weighted by Crippen LogP contribution is 2.07. The van der Waals surface area contributed by atoms with Gasteiger partial charge in [0.15, 0.2) is 0 Å². The van der Waals surface area contributed by atoms with Crippen molar-refractivity contribution in [2.45, 2.75) is 32.4 Å². The van der Waals surface area contributed by atoms with Crippen molar-refractivity contribution in [2.24, 2.45) is 0 Å². The average molecular weight is 260 g/mol. The molecule has 0 aromatic heterocycles. The second-order valence-electron chi connectivity index (χ2n) is 5.44.